The third-order valence-electron chi connectivity index (χ3n) is 4.08. The fraction of sp³-hybridized carbons (Fsp3) is 0.353. The Morgan fingerprint density at radius 3 is 2.60 bits per heavy atom. The van der Waals surface area contributed by atoms with Gasteiger partial charge in [0.25, 0.3) is 5.91 Å². The first-order valence-corrected chi connectivity index (χ1v) is 9.51. The van der Waals surface area contributed by atoms with E-state index in [1.54, 1.807) is 0 Å². The number of hydrogen-bond acceptors (Lipinski definition) is 4. The molecule has 1 aliphatic rings. The molecule has 1 aromatic carbocycles. The second kappa shape index (κ2) is 7.38. The molecule has 2 N–H and O–H groups in total. The Morgan fingerprint density at radius 1 is 1.24 bits per heavy atom. The van der Waals surface area contributed by atoms with E-state index in [9.17, 15) is 13.2 Å². The maximum absolute atomic E-state index is 12.6. The molecule has 2 heterocycles. The highest BCUT2D eigenvalue weighted by atomic mass is 32.2. The van der Waals surface area contributed by atoms with E-state index in [1.807, 2.05) is 31.2 Å². The van der Waals surface area contributed by atoms with Crippen LogP contribution in [0.2, 0.25) is 0 Å². The second-order valence-electron chi connectivity index (χ2n) is 5.93. The summed E-state index contributed by atoms with van der Waals surface area (Å²) in [5.74, 6) is -0.344. The molecular formula is C17H21N3O4S. The Morgan fingerprint density at radius 2 is 1.92 bits per heavy atom. The summed E-state index contributed by atoms with van der Waals surface area (Å²) in [5, 5.41) is 2.78. The molecule has 0 unspecified atom stereocenters. The molecule has 1 aliphatic heterocycles. The number of rotatable bonds is 5. The smallest absolute Gasteiger partial charge is 0.268 e. The number of aromatic amines is 1. The molecule has 1 saturated heterocycles. The molecule has 1 fully saturated rings. The molecule has 0 saturated carbocycles. The van der Waals surface area contributed by atoms with Crippen molar-refractivity contribution in [3.05, 3.63) is 53.3 Å². The fourth-order valence-electron chi connectivity index (χ4n) is 2.57. The van der Waals surface area contributed by atoms with Gasteiger partial charge in [0.2, 0.25) is 10.0 Å². The van der Waals surface area contributed by atoms with Gasteiger partial charge in [0.1, 0.15) is 10.6 Å². The summed E-state index contributed by atoms with van der Waals surface area (Å²) in [6, 6.07) is 9.21. The minimum atomic E-state index is -3.60. The molecule has 0 bridgehead atoms. The monoisotopic (exact) mass is 363 g/mol. The minimum absolute atomic E-state index is 0.0925. The number of H-pyrrole nitrogens is 1. The van der Waals surface area contributed by atoms with E-state index < -0.39 is 10.0 Å². The van der Waals surface area contributed by atoms with E-state index in [2.05, 4.69) is 10.3 Å². The maximum atomic E-state index is 12.6. The fourth-order valence-corrected chi connectivity index (χ4v) is 3.98. The number of ether oxygens (including phenoxy) is 1. The van der Waals surface area contributed by atoms with Crippen molar-refractivity contribution in [1.82, 2.24) is 14.6 Å². The van der Waals surface area contributed by atoms with Gasteiger partial charge >= 0.3 is 0 Å². The molecule has 0 radical (unpaired) electrons. The first-order valence-electron chi connectivity index (χ1n) is 8.07. The minimum Gasteiger partial charge on any atom is -0.379 e. The van der Waals surface area contributed by atoms with Gasteiger partial charge in [0, 0.05) is 25.8 Å². The van der Waals surface area contributed by atoms with Crippen LogP contribution >= 0.6 is 0 Å². The summed E-state index contributed by atoms with van der Waals surface area (Å²) in [4.78, 5) is 15.1. The number of morpholine rings is 1. The predicted octanol–water partition coefficient (Wildman–Crippen LogP) is 1.27. The molecule has 0 aliphatic carbocycles. The van der Waals surface area contributed by atoms with Crippen molar-refractivity contribution in [2.75, 3.05) is 26.3 Å². The van der Waals surface area contributed by atoms with Crippen LogP contribution in [-0.4, -0.2) is 49.9 Å². The number of sulfonamides is 1. The molecule has 0 spiro atoms. The maximum Gasteiger partial charge on any atom is 0.268 e. The van der Waals surface area contributed by atoms with Crippen LogP contribution in [0.3, 0.4) is 0 Å². The second-order valence-corrected chi connectivity index (χ2v) is 7.87. The van der Waals surface area contributed by atoms with Crippen LogP contribution in [0, 0.1) is 6.92 Å². The molecular weight excluding hydrogens is 342 g/mol. The summed E-state index contributed by atoms with van der Waals surface area (Å²) in [6.45, 7) is 3.79. The van der Waals surface area contributed by atoms with Crippen LogP contribution in [0.4, 0.5) is 0 Å². The lowest BCUT2D eigenvalue weighted by Gasteiger charge is -2.25. The SMILES string of the molecule is Cc1ccc(CNC(=O)c2cc(S(=O)(=O)N3CCOCC3)c[nH]2)cc1. The van der Waals surface area contributed by atoms with Crippen LogP contribution in [0.1, 0.15) is 21.6 Å². The van der Waals surface area contributed by atoms with E-state index in [4.69, 9.17) is 4.74 Å². The van der Waals surface area contributed by atoms with Crippen molar-refractivity contribution in [2.45, 2.75) is 18.4 Å². The quantitative estimate of drug-likeness (QED) is 0.837. The van der Waals surface area contributed by atoms with Gasteiger partial charge in [-0.25, -0.2) is 8.42 Å². The number of nitrogens with one attached hydrogen (secondary N) is 2. The van der Waals surface area contributed by atoms with Crippen molar-refractivity contribution in [3.63, 3.8) is 0 Å². The largest absolute Gasteiger partial charge is 0.379 e. The molecule has 3 rings (SSSR count). The van der Waals surface area contributed by atoms with Crippen molar-refractivity contribution < 1.29 is 17.9 Å². The number of benzene rings is 1. The van der Waals surface area contributed by atoms with E-state index in [0.29, 0.717) is 32.8 Å². The molecule has 0 atom stereocenters. The Kier molecular flexibility index (Phi) is 5.22. The lowest BCUT2D eigenvalue weighted by Crippen LogP contribution is -2.40. The standard InChI is InChI=1S/C17H21N3O4S/c1-13-2-4-14(5-3-13)11-19-17(21)16-10-15(12-18-16)25(22,23)20-6-8-24-9-7-20/h2-5,10,12,18H,6-9,11H2,1H3,(H,19,21). The molecule has 7 nitrogen and oxygen atoms in total. The number of carbonyl (C=O) groups excluding carboxylic acids is 1. The first kappa shape index (κ1) is 17.7. The Hall–Kier alpha value is -2.16. The molecule has 1 aromatic heterocycles. The van der Waals surface area contributed by atoms with Crippen LogP contribution in [0.25, 0.3) is 0 Å². The van der Waals surface area contributed by atoms with E-state index in [1.165, 1.54) is 16.6 Å². The topological polar surface area (TPSA) is 91.5 Å². The zero-order valence-corrected chi connectivity index (χ0v) is 14.8. The van der Waals surface area contributed by atoms with Gasteiger partial charge in [-0.05, 0) is 18.6 Å². The highest BCUT2D eigenvalue weighted by Crippen LogP contribution is 2.18. The highest BCUT2D eigenvalue weighted by Gasteiger charge is 2.27. The summed E-state index contributed by atoms with van der Waals surface area (Å²) in [5.41, 5.74) is 2.35. The third-order valence-corrected chi connectivity index (χ3v) is 5.96. The van der Waals surface area contributed by atoms with Gasteiger partial charge in [0.15, 0.2) is 0 Å². The Balaban J connectivity index is 1.65. The number of hydrogen-bond donors (Lipinski definition) is 2. The third kappa shape index (κ3) is 4.09. The average molecular weight is 363 g/mol. The van der Waals surface area contributed by atoms with Gasteiger partial charge in [0.05, 0.1) is 13.2 Å². The van der Waals surface area contributed by atoms with Gasteiger partial charge in [-0.1, -0.05) is 29.8 Å². The number of aromatic nitrogens is 1. The van der Waals surface area contributed by atoms with Crippen LogP contribution in [0.15, 0.2) is 41.4 Å². The van der Waals surface area contributed by atoms with Gasteiger partial charge in [-0.2, -0.15) is 4.31 Å². The lowest BCUT2D eigenvalue weighted by atomic mass is 10.1. The van der Waals surface area contributed by atoms with Crippen LogP contribution in [-0.2, 0) is 21.3 Å². The Bertz CT molecular complexity index is 837. The lowest BCUT2D eigenvalue weighted by molar-refractivity contribution is 0.0730. The van der Waals surface area contributed by atoms with Gasteiger partial charge < -0.3 is 15.0 Å². The first-order chi connectivity index (χ1) is 12.0. The van der Waals surface area contributed by atoms with Gasteiger partial charge in [-0.3, -0.25) is 4.79 Å². The highest BCUT2D eigenvalue weighted by molar-refractivity contribution is 7.89. The van der Waals surface area contributed by atoms with Crippen LogP contribution in [0.5, 0.6) is 0 Å². The molecule has 25 heavy (non-hydrogen) atoms. The van der Waals surface area contributed by atoms with Crippen LogP contribution < -0.4 is 5.32 Å². The normalized spacial score (nSPS) is 15.9. The zero-order chi connectivity index (χ0) is 17.9. The van der Waals surface area contributed by atoms with E-state index in [-0.39, 0.29) is 16.5 Å². The van der Waals surface area contributed by atoms with E-state index >= 15 is 0 Å². The number of carbonyl (C=O) groups is 1. The molecule has 1 amide bonds. The van der Waals surface area contributed by atoms with Crippen molar-refractivity contribution in [2.24, 2.45) is 0 Å². The number of amides is 1. The average Bonchev–Trinajstić information content (AvgIpc) is 3.13. The van der Waals surface area contributed by atoms with Crippen molar-refractivity contribution in [3.8, 4) is 0 Å². The summed E-state index contributed by atoms with van der Waals surface area (Å²) in [7, 11) is -3.60. The Labute approximate surface area is 147 Å². The summed E-state index contributed by atoms with van der Waals surface area (Å²) in [6.07, 6.45) is 1.35. The summed E-state index contributed by atoms with van der Waals surface area (Å²) < 4.78 is 31.7. The van der Waals surface area contributed by atoms with Crippen molar-refractivity contribution >= 4 is 15.9 Å². The van der Waals surface area contributed by atoms with E-state index in [0.717, 1.165) is 11.1 Å². The van der Waals surface area contributed by atoms with Crippen molar-refractivity contribution in [1.29, 1.82) is 0 Å². The molecule has 8 heteroatoms. The number of nitrogens with zero attached hydrogens (tertiary/aromatic N) is 1. The predicted molar refractivity (Wildman–Crippen MR) is 92.7 cm³/mol. The molecule has 134 valence electrons. The summed E-state index contributed by atoms with van der Waals surface area (Å²) >= 11 is 0. The molecule has 2 aromatic rings. The zero-order valence-electron chi connectivity index (χ0n) is 14.0. The van der Waals surface area contributed by atoms with Gasteiger partial charge in [-0.15, -0.1) is 0 Å². The number of aryl methyl sites for hydroxylation is 1.